The smallest absolute Gasteiger partial charge is 0.379 e. The Morgan fingerprint density at radius 2 is 1.88 bits per heavy atom. The lowest BCUT2D eigenvalue weighted by Crippen LogP contribution is -2.42. The molecule has 2 rings (SSSR count). The summed E-state index contributed by atoms with van der Waals surface area (Å²) in [5.74, 6) is 0. The average molecular weight is 245 g/mol. The van der Waals surface area contributed by atoms with Gasteiger partial charge in [-0.15, -0.1) is 0 Å². The van der Waals surface area contributed by atoms with Gasteiger partial charge in [0.15, 0.2) is 0 Å². The maximum Gasteiger partial charge on any atom is 0.416 e. The van der Waals surface area contributed by atoms with E-state index in [1.165, 1.54) is 12.1 Å². The second-order valence-electron chi connectivity index (χ2n) is 4.54. The molecule has 2 N–H and O–H groups in total. The van der Waals surface area contributed by atoms with E-state index in [0.29, 0.717) is 19.6 Å². The van der Waals surface area contributed by atoms with Gasteiger partial charge in [0.05, 0.1) is 12.2 Å². The highest BCUT2D eigenvalue weighted by atomic mass is 19.4. The van der Waals surface area contributed by atoms with Crippen LogP contribution in [-0.4, -0.2) is 18.8 Å². The van der Waals surface area contributed by atoms with Crippen molar-refractivity contribution >= 4 is 0 Å². The third-order valence-electron chi connectivity index (χ3n) is 2.97. The summed E-state index contributed by atoms with van der Waals surface area (Å²) in [7, 11) is 0. The number of halogens is 3. The molecule has 1 saturated heterocycles. The minimum atomic E-state index is -4.28. The molecule has 1 aromatic rings. The minimum absolute atomic E-state index is 0.431. The molecule has 5 heteroatoms. The molecule has 0 aromatic heterocycles. The number of alkyl halides is 3. The largest absolute Gasteiger partial charge is 0.416 e. The molecule has 1 aliphatic rings. The number of hydrogen-bond acceptors (Lipinski definition) is 2. The van der Waals surface area contributed by atoms with Gasteiger partial charge in [-0.1, -0.05) is 12.1 Å². The zero-order valence-electron chi connectivity index (χ0n) is 9.26. The van der Waals surface area contributed by atoms with Crippen LogP contribution >= 0.6 is 0 Å². The van der Waals surface area contributed by atoms with Crippen LogP contribution in [0.25, 0.3) is 0 Å². The highest BCUT2D eigenvalue weighted by molar-refractivity contribution is 5.26. The standard InChI is InChI=1S/C12H14F3NO/c13-12(14,15)10-3-1-9(2-4-10)7-11(16)5-6-17-8-11/h1-4H,5-8,16H2/t11-/m0/s1. The lowest BCUT2D eigenvalue weighted by molar-refractivity contribution is -0.137. The van der Waals surface area contributed by atoms with E-state index < -0.39 is 17.3 Å². The molecule has 17 heavy (non-hydrogen) atoms. The molecule has 0 unspecified atom stereocenters. The van der Waals surface area contributed by atoms with E-state index in [-0.39, 0.29) is 0 Å². The quantitative estimate of drug-likeness (QED) is 0.868. The molecule has 1 fully saturated rings. The molecule has 2 nitrogen and oxygen atoms in total. The fourth-order valence-electron chi connectivity index (χ4n) is 1.98. The number of hydrogen-bond donors (Lipinski definition) is 1. The lowest BCUT2D eigenvalue weighted by Gasteiger charge is -2.21. The van der Waals surface area contributed by atoms with E-state index in [1.54, 1.807) is 0 Å². The molecule has 1 atom stereocenters. The van der Waals surface area contributed by atoms with Gasteiger partial charge >= 0.3 is 6.18 Å². The van der Waals surface area contributed by atoms with Crippen LogP contribution in [-0.2, 0) is 17.3 Å². The maximum atomic E-state index is 12.4. The summed E-state index contributed by atoms with van der Waals surface area (Å²) in [5, 5.41) is 0. The number of rotatable bonds is 2. The number of benzene rings is 1. The van der Waals surface area contributed by atoms with Crippen LogP contribution in [0.4, 0.5) is 13.2 Å². The molecule has 1 heterocycles. The highest BCUT2D eigenvalue weighted by Gasteiger charge is 2.32. The Labute approximate surface area is 97.6 Å². The van der Waals surface area contributed by atoms with Crippen LogP contribution in [0.3, 0.4) is 0 Å². The predicted molar refractivity (Wildman–Crippen MR) is 57.5 cm³/mol. The summed E-state index contributed by atoms with van der Waals surface area (Å²) in [6.07, 6.45) is -2.99. The van der Waals surface area contributed by atoms with E-state index in [2.05, 4.69) is 0 Å². The van der Waals surface area contributed by atoms with Crippen LogP contribution < -0.4 is 5.73 Å². The molecule has 0 bridgehead atoms. The molecular weight excluding hydrogens is 231 g/mol. The van der Waals surface area contributed by atoms with Crippen LogP contribution in [0.5, 0.6) is 0 Å². The Kier molecular flexibility index (Phi) is 3.14. The zero-order valence-corrected chi connectivity index (χ0v) is 9.26. The van der Waals surface area contributed by atoms with Gasteiger partial charge in [0, 0.05) is 12.1 Å². The third kappa shape index (κ3) is 2.98. The van der Waals surface area contributed by atoms with Crippen LogP contribution in [0.15, 0.2) is 24.3 Å². The van der Waals surface area contributed by atoms with Gasteiger partial charge in [0.25, 0.3) is 0 Å². The summed E-state index contributed by atoms with van der Waals surface area (Å²) in [6.45, 7) is 1.09. The molecule has 0 spiro atoms. The second-order valence-corrected chi connectivity index (χ2v) is 4.54. The summed E-state index contributed by atoms with van der Waals surface area (Å²) in [6, 6.07) is 5.15. The van der Waals surface area contributed by atoms with Gasteiger partial charge in [-0.2, -0.15) is 13.2 Å². The van der Waals surface area contributed by atoms with Crippen molar-refractivity contribution in [1.82, 2.24) is 0 Å². The van der Waals surface area contributed by atoms with E-state index in [4.69, 9.17) is 10.5 Å². The summed E-state index contributed by atoms with van der Waals surface area (Å²) >= 11 is 0. The first-order valence-corrected chi connectivity index (χ1v) is 5.42. The molecule has 1 aliphatic heterocycles. The van der Waals surface area contributed by atoms with Gasteiger partial charge < -0.3 is 10.5 Å². The molecule has 0 amide bonds. The summed E-state index contributed by atoms with van der Waals surface area (Å²) in [5.41, 5.74) is 5.82. The van der Waals surface area contributed by atoms with Gasteiger partial charge in [-0.3, -0.25) is 0 Å². The van der Waals surface area contributed by atoms with E-state index >= 15 is 0 Å². The van der Waals surface area contributed by atoms with Crippen molar-refractivity contribution in [1.29, 1.82) is 0 Å². The Bertz CT molecular complexity index is 380. The fourth-order valence-corrected chi connectivity index (χ4v) is 1.98. The first-order chi connectivity index (χ1) is 7.89. The van der Waals surface area contributed by atoms with Crippen LogP contribution in [0.1, 0.15) is 17.5 Å². The van der Waals surface area contributed by atoms with E-state index in [0.717, 1.165) is 24.1 Å². The number of nitrogens with two attached hydrogens (primary N) is 1. The van der Waals surface area contributed by atoms with Crippen molar-refractivity contribution in [3.63, 3.8) is 0 Å². The Hall–Kier alpha value is -1.07. The molecule has 0 radical (unpaired) electrons. The maximum absolute atomic E-state index is 12.4. The zero-order chi connectivity index (χ0) is 12.5. The average Bonchev–Trinajstić information content (AvgIpc) is 2.64. The number of ether oxygens (including phenoxy) is 1. The van der Waals surface area contributed by atoms with E-state index in [1.807, 2.05) is 0 Å². The first kappa shape index (κ1) is 12.4. The third-order valence-corrected chi connectivity index (χ3v) is 2.97. The van der Waals surface area contributed by atoms with Gasteiger partial charge in [0.2, 0.25) is 0 Å². The normalized spacial score (nSPS) is 25.2. The SMILES string of the molecule is N[C@]1(Cc2ccc(C(F)(F)F)cc2)CCOC1. The fraction of sp³-hybridized carbons (Fsp3) is 0.500. The van der Waals surface area contributed by atoms with E-state index in [9.17, 15) is 13.2 Å². The predicted octanol–water partition coefficient (Wildman–Crippen LogP) is 2.37. The van der Waals surface area contributed by atoms with Gasteiger partial charge in [-0.25, -0.2) is 0 Å². The van der Waals surface area contributed by atoms with Crippen LogP contribution in [0.2, 0.25) is 0 Å². The van der Waals surface area contributed by atoms with Crippen molar-refractivity contribution in [3.8, 4) is 0 Å². The monoisotopic (exact) mass is 245 g/mol. The summed E-state index contributed by atoms with van der Waals surface area (Å²) < 4.78 is 42.3. The molecule has 0 saturated carbocycles. The topological polar surface area (TPSA) is 35.2 Å². The Balaban J connectivity index is 2.08. The lowest BCUT2D eigenvalue weighted by atomic mass is 9.91. The Morgan fingerprint density at radius 3 is 2.35 bits per heavy atom. The van der Waals surface area contributed by atoms with Crippen molar-refractivity contribution in [2.45, 2.75) is 24.6 Å². The van der Waals surface area contributed by atoms with Crippen LogP contribution in [0, 0.1) is 0 Å². The van der Waals surface area contributed by atoms with Crippen molar-refractivity contribution in [3.05, 3.63) is 35.4 Å². The van der Waals surface area contributed by atoms with Crippen molar-refractivity contribution in [2.75, 3.05) is 13.2 Å². The highest BCUT2D eigenvalue weighted by Crippen LogP contribution is 2.30. The van der Waals surface area contributed by atoms with Gasteiger partial charge in [0.1, 0.15) is 0 Å². The molecular formula is C12H14F3NO. The molecule has 1 aromatic carbocycles. The van der Waals surface area contributed by atoms with Crippen molar-refractivity contribution < 1.29 is 17.9 Å². The minimum Gasteiger partial charge on any atom is -0.379 e. The van der Waals surface area contributed by atoms with Crippen molar-refractivity contribution in [2.24, 2.45) is 5.73 Å². The second kappa shape index (κ2) is 4.31. The summed E-state index contributed by atoms with van der Waals surface area (Å²) in [4.78, 5) is 0. The molecule has 94 valence electrons. The van der Waals surface area contributed by atoms with Gasteiger partial charge in [-0.05, 0) is 30.5 Å². The first-order valence-electron chi connectivity index (χ1n) is 5.42. The Morgan fingerprint density at radius 1 is 1.24 bits per heavy atom. The molecule has 0 aliphatic carbocycles.